The summed E-state index contributed by atoms with van der Waals surface area (Å²) in [5.41, 5.74) is 8.24. The van der Waals surface area contributed by atoms with E-state index in [4.69, 9.17) is 0 Å². The summed E-state index contributed by atoms with van der Waals surface area (Å²) in [6, 6.07) is 68.6. The zero-order valence-electron chi connectivity index (χ0n) is 27.3. The number of para-hydroxylation sites is 1. The number of fused-ring (bicyclic) bond motifs is 9. The molecule has 0 spiro atoms. The van der Waals surface area contributed by atoms with Crippen LogP contribution in [0.15, 0.2) is 188 Å². The monoisotopic (exact) mass is 653 g/mol. The van der Waals surface area contributed by atoms with Gasteiger partial charge in [-0.3, -0.25) is 0 Å². The minimum Gasteiger partial charge on any atom is -0.311 e. The summed E-state index contributed by atoms with van der Waals surface area (Å²) < 4.78 is 2.66. The lowest BCUT2D eigenvalue weighted by Crippen LogP contribution is -2.09. The Labute approximate surface area is 294 Å². The van der Waals surface area contributed by atoms with Crippen molar-refractivity contribution in [2.45, 2.75) is 0 Å². The molecule has 0 saturated heterocycles. The van der Waals surface area contributed by atoms with Gasteiger partial charge in [-0.15, -0.1) is 11.3 Å². The quantitative estimate of drug-likeness (QED) is 0.167. The molecule has 10 rings (SSSR count). The molecule has 1 heterocycles. The lowest BCUT2D eigenvalue weighted by molar-refractivity contribution is 1.28. The summed E-state index contributed by atoms with van der Waals surface area (Å²) in [7, 11) is 0. The van der Waals surface area contributed by atoms with E-state index in [0.717, 1.165) is 17.1 Å². The maximum Gasteiger partial charge on any atom is 0.0462 e. The summed E-state index contributed by atoms with van der Waals surface area (Å²) >= 11 is 1.86. The Morgan fingerprint density at radius 3 is 1.26 bits per heavy atom. The molecule has 0 saturated carbocycles. The van der Waals surface area contributed by atoms with Crippen LogP contribution in [-0.2, 0) is 0 Å². The first-order valence-electron chi connectivity index (χ1n) is 17.1. The summed E-state index contributed by atoms with van der Waals surface area (Å²) in [5, 5.41) is 10.4. The summed E-state index contributed by atoms with van der Waals surface area (Å²) in [6.45, 7) is 0. The van der Waals surface area contributed by atoms with Gasteiger partial charge in [0, 0.05) is 37.2 Å². The molecule has 1 nitrogen and oxygen atoms in total. The van der Waals surface area contributed by atoms with E-state index in [1.54, 1.807) is 0 Å². The molecule has 10 aromatic rings. The van der Waals surface area contributed by atoms with Crippen LogP contribution in [0.3, 0.4) is 0 Å². The van der Waals surface area contributed by atoms with Crippen LogP contribution in [0.5, 0.6) is 0 Å². The molecule has 0 fully saturated rings. The first-order chi connectivity index (χ1) is 24.8. The van der Waals surface area contributed by atoms with E-state index < -0.39 is 0 Å². The molecule has 0 aliphatic rings. The largest absolute Gasteiger partial charge is 0.311 e. The van der Waals surface area contributed by atoms with Gasteiger partial charge >= 0.3 is 0 Å². The topological polar surface area (TPSA) is 3.24 Å². The van der Waals surface area contributed by atoms with Crippen LogP contribution in [0.2, 0.25) is 0 Å². The van der Waals surface area contributed by atoms with Gasteiger partial charge in [0.25, 0.3) is 0 Å². The van der Waals surface area contributed by atoms with E-state index >= 15 is 0 Å². The highest BCUT2D eigenvalue weighted by molar-refractivity contribution is 7.25. The molecule has 0 atom stereocenters. The Bertz CT molecular complexity index is 2810. The van der Waals surface area contributed by atoms with E-state index in [0.29, 0.717) is 0 Å². The van der Waals surface area contributed by atoms with Crippen molar-refractivity contribution in [3.63, 3.8) is 0 Å². The highest BCUT2D eigenvalue weighted by Crippen LogP contribution is 2.40. The molecule has 9 aromatic carbocycles. The van der Waals surface area contributed by atoms with Gasteiger partial charge in [0.05, 0.1) is 0 Å². The molecule has 2 heteroatoms. The highest BCUT2D eigenvalue weighted by Gasteiger charge is 2.15. The second kappa shape index (κ2) is 11.7. The van der Waals surface area contributed by atoms with Crippen LogP contribution in [0, 0.1) is 0 Å². The molecule has 234 valence electrons. The van der Waals surface area contributed by atoms with Crippen LogP contribution in [0.1, 0.15) is 0 Å². The number of thiophene rings is 1. The fourth-order valence-electron chi connectivity index (χ4n) is 7.62. The maximum atomic E-state index is 2.36. The van der Waals surface area contributed by atoms with Crippen molar-refractivity contribution in [3.05, 3.63) is 188 Å². The smallest absolute Gasteiger partial charge is 0.0462 e. The predicted octanol–water partition coefficient (Wildman–Crippen LogP) is 14.3. The third kappa shape index (κ3) is 4.76. The van der Waals surface area contributed by atoms with Crippen LogP contribution in [0.4, 0.5) is 17.1 Å². The Kier molecular flexibility index (Phi) is 6.75. The SMILES string of the molecule is c1ccc(N(c2ccc(-c3ccc4sc5ccccc5c4c3)cc2)c2ccc(-c3ccc4c5ccccc5c5ccccc5c4c3)cc2)cc1. The Hall–Kier alpha value is -6.22. The Morgan fingerprint density at radius 1 is 0.260 bits per heavy atom. The minimum absolute atomic E-state index is 1.12. The predicted molar refractivity (Wildman–Crippen MR) is 217 cm³/mol. The minimum atomic E-state index is 1.12. The average molecular weight is 654 g/mol. The first kappa shape index (κ1) is 28.8. The molecule has 0 aliphatic carbocycles. The van der Waals surface area contributed by atoms with Gasteiger partial charge in [-0.1, -0.05) is 127 Å². The fourth-order valence-corrected chi connectivity index (χ4v) is 8.71. The molecule has 50 heavy (non-hydrogen) atoms. The standard InChI is InChI=1S/C48H31NS/c1-2-10-36(11-3-1)49(38-26-20-33(21-27-38)35-23-29-48-46(31-35)44-16-8-9-17-47(44)50-48)37-24-18-32(19-25-37)34-22-28-43-41-14-5-4-12-39(41)40-13-6-7-15-42(40)45(43)30-34/h1-31H. The summed E-state index contributed by atoms with van der Waals surface area (Å²) in [4.78, 5) is 2.34. The van der Waals surface area contributed by atoms with Crippen molar-refractivity contribution >= 4 is 80.9 Å². The Morgan fingerprint density at radius 2 is 0.660 bits per heavy atom. The molecular weight excluding hydrogens is 623 g/mol. The van der Waals surface area contributed by atoms with Crippen molar-refractivity contribution in [1.82, 2.24) is 0 Å². The molecular formula is C48H31NS. The van der Waals surface area contributed by atoms with E-state index in [1.807, 2.05) is 11.3 Å². The van der Waals surface area contributed by atoms with E-state index in [9.17, 15) is 0 Å². The van der Waals surface area contributed by atoms with Gasteiger partial charge in [-0.05, 0) is 115 Å². The third-order valence-corrected chi connectivity index (χ3v) is 11.2. The first-order valence-corrected chi connectivity index (χ1v) is 17.9. The van der Waals surface area contributed by atoms with E-state index in [-0.39, 0.29) is 0 Å². The van der Waals surface area contributed by atoms with E-state index in [2.05, 4.69) is 193 Å². The van der Waals surface area contributed by atoms with Gasteiger partial charge in [-0.2, -0.15) is 0 Å². The van der Waals surface area contributed by atoms with Crippen molar-refractivity contribution in [2.75, 3.05) is 4.90 Å². The number of hydrogen-bond acceptors (Lipinski definition) is 2. The normalized spacial score (nSPS) is 11.6. The van der Waals surface area contributed by atoms with Crippen molar-refractivity contribution < 1.29 is 0 Å². The van der Waals surface area contributed by atoms with Gasteiger partial charge in [-0.25, -0.2) is 0 Å². The number of hydrogen-bond donors (Lipinski definition) is 0. The highest BCUT2D eigenvalue weighted by atomic mass is 32.1. The maximum absolute atomic E-state index is 2.36. The Balaban J connectivity index is 1.02. The van der Waals surface area contributed by atoms with Gasteiger partial charge in [0.2, 0.25) is 0 Å². The molecule has 0 amide bonds. The van der Waals surface area contributed by atoms with Gasteiger partial charge < -0.3 is 4.90 Å². The lowest BCUT2D eigenvalue weighted by atomic mass is 9.92. The van der Waals surface area contributed by atoms with Crippen LogP contribution >= 0.6 is 11.3 Å². The number of nitrogens with zero attached hydrogens (tertiary/aromatic N) is 1. The summed E-state index contributed by atoms with van der Waals surface area (Å²) in [5.74, 6) is 0. The number of anilines is 3. The van der Waals surface area contributed by atoms with Gasteiger partial charge in [0.15, 0.2) is 0 Å². The molecule has 0 N–H and O–H groups in total. The lowest BCUT2D eigenvalue weighted by Gasteiger charge is -2.26. The van der Waals surface area contributed by atoms with Crippen molar-refractivity contribution in [3.8, 4) is 22.3 Å². The van der Waals surface area contributed by atoms with Crippen LogP contribution in [-0.4, -0.2) is 0 Å². The molecule has 0 unspecified atom stereocenters. The molecule has 0 aliphatic heterocycles. The average Bonchev–Trinajstić information content (AvgIpc) is 3.57. The molecule has 1 aromatic heterocycles. The fraction of sp³-hybridized carbons (Fsp3) is 0. The van der Waals surface area contributed by atoms with Gasteiger partial charge in [0.1, 0.15) is 0 Å². The van der Waals surface area contributed by atoms with Crippen molar-refractivity contribution in [2.24, 2.45) is 0 Å². The van der Waals surface area contributed by atoms with E-state index in [1.165, 1.54) is 74.7 Å². The van der Waals surface area contributed by atoms with Crippen LogP contribution in [0.25, 0.3) is 74.7 Å². The third-order valence-electron chi connectivity index (χ3n) is 10.1. The second-order valence-electron chi connectivity index (χ2n) is 12.9. The molecule has 0 bridgehead atoms. The zero-order valence-corrected chi connectivity index (χ0v) is 28.1. The number of rotatable bonds is 5. The van der Waals surface area contributed by atoms with Crippen molar-refractivity contribution in [1.29, 1.82) is 0 Å². The summed E-state index contributed by atoms with van der Waals surface area (Å²) in [6.07, 6.45) is 0. The number of benzene rings is 9. The molecule has 0 radical (unpaired) electrons. The van der Waals surface area contributed by atoms with Crippen LogP contribution < -0.4 is 4.90 Å². The zero-order chi connectivity index (χ0) is 33.0. The second-order valence-corrected chi connectivity index (χ2v) is 14.0.